The van der Waals surface area contributed by atoms with Gasteiger partial charge in [-0.1, -0.05) is 85.5 Å². The Bertz CT molecular complexity index is 961. The highest BCUT2D eigenvalue weighted by Crippen LogP contribution is 2.21. The SMILES string of the molecule is CCCCC[C@H](O)C[C@H](O)CC(=O)O[C@H](CCCCC)C[C@H](O)CC(=O)O[C@H](CCCCC)C[C@H](O)CC(=O)O[C@@H](CCCCC)C[C@H](O)CC(=O)O. The molecule has 312 valence electrons. The molecular weight excluding hydrogens is 688 g/mol. The molecule has 13 heteroatoms. The highest BCUT2D eigenvalue weighted by atomic mass is 16.6. The van der Waals surface area contributed by atoms with Gasteiger partial charge in [0.25, 0.3) is 0 Å². The van der Waals surface area contributed by atoms with Gasteiger partial charge in [0.05, 0.1) is 56.2 Å². The minimum atomic E-state index is -1.19. The van der Waals surface area contributed by atoms with Gasteiger partial charge in [0.2, 0.25) is 0 Å². The lowest BCUT2D eigenvalue weighted by molar-refractivity contribution is -0.156. The summed E-state index contributed by atoms with van der Waals surface area (Å²) in [6.07, 6.45) is 3.46. The van der Waals surface area contributed by atoms with E-state index in [9.17, 15) is 44.7 Å². The van der Waals surface area contributed by atoms with Crippen molar-refractivity contribution >= 4 is 23.9 Å². The van der Waals surface area contributed by atoms with Crippen LogP contribution < -0.4 is 0 Å². The van der Waals surface area contributed by atoms with Gasteiger partial charge >= 0.3 is 23.9 Å². The number of hydrogen-bond donors (Lipinski definition) is 6. The zero-order valence-corrected chi connectivity index (χ0v) is 33.1. The smallest absolute Gasteiger partial charge is 0.308 e. The summed E-state index contributed by atoms with van der Waals surface area (Å²) in [7, 11) is 0. The minimum Gasteiger partial charge on any atom is -0.481 e. The molecule has 53 heavy (non-hydrogen) atoms. The van der Waals surface area contributed by atoms with Crippen LogP contribution in [-0.2, 0) is 33.4 Å². The van der Waals surface area contributed by atoms with Crippen molar-refractivity contribution in [1.82, 2.24) is 0 Å². The highest BCUT2D eigenvalue weighted by molar-refractivity contribution is 5.71. The maximum absolute atomic E-state index is 13.0. The number of hydrogen-bond acceptors (Lipinski definition) is 12. The summed E-state index contributed by atoms with van der Waals surface area (Å²) in [5.41, 5.74) is 0. The Morgan fingerprint density at radius 1 is 0.396 bits per heavy atom. The van der Waals surface area contributed by atoms with Gasteiger partial charge in [-0.2, -0.15) is 0 Å². The first-order valence-corrected chi connectivity index (χ1v) is 20.4. The summed E-state index contributed by atoms with van der Waals surface area (Å²) in [6.45, 7) is 8.13. The average molecular weight is 763 g/mol. The number of carbonyl (C=O) groups is 4. The van der Waals surface area contributed by atoms with Crippen molar-refractivity contribution in [2.75, 3.05) is 0 Å². The van der Waals surface area contributed by atoms with Crippen LogP contribution in [0.25, 0.3) is 0 Å². The number of carboxylic acids is 1. The van der Waals surface area contributed by atoms with Crippen molar-refractivity contribution in [2.24, 2.45) is 0 Å². The molecule has 0 saturated heterocycles. The Hall–Kier alpha value is -2.32. The molecule has 0 radical (unpaired) electrons. The zero-order chi connectivity index (χ0) is 40.0. The lowest BCUT2D eigenvalue weighted by atomic mass is 10.0. The Morgan fingerprint density at radius 3 is 0.981 bits per heavy atom. The number of aliphatic hydroxyl groups is 5. The normalized spacial score (nSPS) is 16.1. The van der Waals surface area contributed by atoms with Crippen LogP contribution in [0.2, 0.25) is 0 Å². The summed E-state index contributed by atoms with van der Waals surface area (Å²) in [4.78, 5) is 49.4. The first-order chi connectivity index (χ1) is 25.2. The van der Waals surface area contributed by atoms with E-state index >= 15 is 0 Å². The molecule has 0 aliphatic heterocycles. The van der Waals surface area contributed by atoms with Crippen molar-refractivity contribution < 1.29 is 64.0 Å². The molecule has 0 rings (SSSR count). The molecule has 0 aromatic rings. The van der Waals surface area contributed by atoms with Crippen LogP contribution in [-0.4, -0.2) is 103 Å². The predicted molar refractivity (Wildman–Crippen MR) is 201 cm³/mol. The second-order valence-corrected chi connectivity index (χ2v) is 14.7. The molecule has 0 spiro atoms. The fraction of sp³-hybridized carbons (Fsp3) is 0.900. The van der Waals surface area contributed by atoms with Gasteiger partial charge < -0.3 is 44.8 Å². The van der Waals surface area contributed by atoms with E-state index in [1.54, 1.807) is 0 Å². The van der Waals surface area contributed by atoms with Crippen LogP contribution in [0.3, 0.4) is 0 Å². The zero-order valence-electron chi connectivity index (χ0n) is 33.1. The summed E-state index contributed by atoms with van der Waals surface area (Å²) < 4.78 is 16.8. The molecule has 0 saturated carbocycles. The van der Waals surface area contributed by atoms with E-state index < -0.39 is 79.1 Å². The quantitative estimate of drug-likeness (QED) is 0.0246. The molecule has 6 N–H and O–H groups in total. The van der Waals surface area contributed by atoms with Gasteiger partial charge in [-0.25, -0.2) is 0 Å². The van der Waals surface area contributed by atoms with E-state index in [4.69, 9.17) is 19.3 Å². The average Bonchev–Trinajstić information content (AvgIpc) is 3.04. The maximum Gasteiger partial charge on any atom is 0.308 e. The van der Waals surface area contributed by atoms with E-state index in [0.717, 1.165) is 70.6 Å². The Kier molecular flexibility index (Phi) is 30.6. The number of unbranched alkanes of at least 4 members (excludes halogenated alkanes) is 8. The lowest BCUT2D eigenvalue weighted by Gasteiger charge is -2.24. The maximum atomic E-state index is 13.0. The van der Waals surface area contributed by atoms with Crippen LogP contribution in [0.1, 0.15) is 182 Å². The highest BCUT2D eigenvalue weighted by Gasteiger charge is 2.27. The van der Waals surface area contributed by atoms with E-state index in [0.29, 0.717) is 32.1 Å². The van der Waals surface area contributed by atoms with Crippen molar-refractivity contribution in [3.05, 3.63) is 0 Å². The third kappa shape index (κ3) is 29.7. The predicted octanol–water partition coefficient (Wildman–Crippen LogP) is 6.05. The second kappa shape index (κ2) is 32.0. The minimum absolute atomic E-state index is 0.00412. The largest absolute Gasteiger partial charge is 0.481 e. The van der Waals surface area contributed by atoms with E-state index in [1.807, 2.05) is 20.8 Å². The fourth-order valence-electron chi connectivity index (χ4n) is 6.33. The number of ether oxygens (including phenoxy) is 3. The summed E-state index contributed by atoms with van der Waals surface area (Å²) in [6, 6.07) is 0. The summed E-state index contributed by atoms with van der Waals surface area (Å²) in [5, 5.41) is 61.2. The second-order valence-electron chi connectivity index (χ2n) is 14.7. The standard InChI is InChI=1S/C40H74O13/c1-5-9-13-17-29(41)21-30(42)26-38(48)52-35(19-15-11-7-3)23-32(44)28-40(50)53-36(20-16-12-8-4)24-33(45)27-39(49)51-34(18-14-10-6-2)22-31(43)25-37(46)47/h29-36,41-45H,5-28H2,1-4H3,(H,46,47)/t29-,30-,31-,32-,33-,34-,35+,36+/m0/s1. The molecular formula is C40H74O13. The number of carboxylic acid groups (broad SMARTS) is 1. The van der Waals surface area contributed by atoms with E-state index in [-0.39, 0.29) is 44.9 Å². The molecule has 0 aromatic heterocycles. The number of carbonyl (C=O) groups excluding carboxylic acids is 3. The first kappa shape index (κ1) is 50.7. The summed E-state index contributed by atoms with van der Waals surface area (Å²) >= 11 is 0. The van der Waals surface area contributed by atoms with Crippen molar-refractivity contribution in [3.63, 3.8) is 0 Å². The summed E-state index contributed by atoms with van der Waals surface area (Å²) in [5.74, 6) is -3.19. The molecule has 0 aliphatic rings. The third-order valence-electron chi connectivity index (χ3n) is 9.19. The van der Waals surface area contributed by atoms with E-state index in [2.05, 4.69) is 6.92 Å². The fourth-order valence-corrected chi connectivity index (χ4v) is 6.33. The molecule has 8 atom stereocenters. The van der Waals surface area contributed by atoms with Crippen LogP contribution in [0.4, 0.5) is 0 Å². The lowest BCUT2D eigenvalue weighted by Crippen LogP contribution is -2.31. The van der Waals surface area contributed by atoms with Crippen molar-refractivity contribution in [3.8, 4) is 0 Å². The van der Waals surface area contributed by atoms with E-state index in [1.165, 1.54) is 0 Å². The van der Waals surface area contributed by atoms with Gasteiger partial charge in [-0.15, -0.1) is 0 Å². The monoisotopic (exact) mass is 763 g/mol. The number of aliphatic hydroxyl groups excluding tert-OH is 5. The molecule has 0 bridgehead atoms. The number of aliphatic carboxylic acids is 1. The first-order valence-electron chi connectivity index (χ1n) is 20.4. The van der Waals surface area contributed by atoms with Gasteiger partial charge in [-0.3, -0.25) is 19.2 Å². The van der Waals surface area contributed by atoms with Gasteiger partial charge in [0, 0.05) is 19.3 Å². The number of rotatable bonds is 35. The van der Waals surface area contributed by atoms with Crippen molar-refractivity contribution in [2.45, 2.75) is 231 Å². The molecule has 0 fully saturated rings. The van der Waals surface area contributed by atoms with Crippen LogP contribution in [0.15, 0.2) is 0 Å². The Morgan fingerprint density at radius 2 is 0.679 bits per heavy atom. The molecule has 0 aromatic carbocycles. The van der Waals surface area contributed by atoms with Gasteiger partial charge in [0.15, 0.2) is 0 Å². The van der Waals surface area contributed by atoms with Crippen LogP contribution in [0, 0.1) is 0 Å². The van der Waals surface area contributed by atoms with Gasteiger partial charge in [0.1, 0.15) is 18.3 Å². The molecule has 0 aliphatic carbocycles. The Labute approximate surface area is 318 Å². The van der Waals surface area contributed by atoms with Crippen LogP contribution >= 0.6 is 0 Å². The Balaban J connectivity index is 5.24. The van der Waals surface area contributed by atoms with Crippen LogP contribution in [0.5, 0.6) is 0 Å². The number of esters is 3. The van der Waals surface area contributed by atoms with Gasteiger partial charge in [-0.05, 0) is 51.4 Å². The van der Waals surface area contributed by atoms with Crippen molar-refractivity contribution in [1.29, 1.82) is 0 Å². The topological polar surface area (TPSA) is 217 Å². The third-order valence-corrected chi connectivity index (χ3v) is 9.19. The molecule has 0 amide bonds. The molecule has 0 heterocycles. The molecule has 13 nitrogen and oxygen atoms in total. The molecule has 0 unspecified atom stereocenters.